The third-order valence-corrected chi connectivity index (χ3v) is 5.73. The second-order valence-corrected chi connectivity index (χ2v) is 8.94. The number of halogens is 1. The first-order chi connectivity index (χ1) is 22.7. The Balaban J connectivity index is 1.76. The van der Waals surface area contributed by atoms with E-state index in [-0.39, 0.29) is 49.9 Å². The molecule has 0 amide bonds. The van der Waals surface area contributed by atoms with E-state index in [0.717, 1.165) is 12.2 Å². The number of nitriles is 1. The molecule has 4 aromatic rings. The van der Waals surface area contributed by atoms with Gasteiger partial charge in [0.2, 0.25) is 0 Å². The number of fused-ring (bicyclic) bond motifs is 1. The van der Waals surface area contributed by atoms with Gasteiger partial charge in [0.25, 0.3) is 0 Å². The Labute approximate surface area is 251 Å². The molecule has 0 aliphatic heterocycles. The van der Waals surface area contributed by atoms with Crippen molar-refractivity contribution in [3.05, 3.63) is 94.9 Å². The number of nitrogens with zero attached hydrogens (tertiary/aromatic N) is 4. The molecule has 0 aliphatic rings. The average Bonchev–Trinajstić information content (AvgIpc) is 3.01. The van der Waals surface area contributed by atoms with Gasteiger partial charge in [-0.1, -0.05) is 23.7 Å². The molecule has 8 nitrogen and oxygen atoms in total. The SMILES string of the molecule is [2H]C([2H])(Oc1ccc(Nc2c(C#N)cnc3cc(OC([2H])([2H])C([2H])([2H])[2H])c(CC(=O)/C=C/C([2H])([2H])N(C)C)cc23)cc1Cl)c1ccccn1. The summed E-state index contributed by atoms with van der Waals surface area (Å²) in [6.45, 7) is -10.6. The minimum absolute atomic E-state index is 0.0146. The van der Waals surface area contributed by atoms with E-state index in [0.29, 0.717) is 5.69 Å². The highest BCUT2D eigenvalue weighted by molar-refractivity contribution is 6.32. The van der Waals surface area contributed by atoms with Gasteiger partial charge < -0.3 is 19.7 Å². The number of ketones is 1. The first-order valence-electron chi connectivity index (χ1n) is 16.4. The maximum atomic E-state index is 13.0. The molecule has 1 N–H and O–H groups in total. The molecule has 2 aromatic carbocycles. The van der Waals surface area contributed by atoms with Crippen LogP contribution in [0.4, 0.5) is 11.4 Å². The Morgan fingerprint density at radius 3 is 2.80 bits per heavy atom. The maximum absolute atomic E-state index is 13.0. The fourth-order valence-corrected chi connectivity index (χ4v) is 3.85. The van der Waals surface area contributed by atoms with Gasteiger partial charge in [0.1, 0.15) is 24.1 Å². The van der Waals surface area contributed by atoms with Crippen molar-refractivity contribution in [2.24, 2.45) is 0 Å². The topological polar surface area (TPSA) is 100 Å². The van der Waals surface area contributed by atoms with E-state index in [1.165, 1.54) is 67.8 Å². The molecule has 0 saturated heterocycles. The predicted octanol–water partition coefficient (Wildman–Crippen LogP) is 6.11. The molecule has 0 atom stereocenters. The number of carbonyl (C=O) groups is 1. The number of allylic oxidation sites excluding steroid dienone is 1. The van der Waals surface area contributed by atoms with Crippen molar-refractivity contribution in [2.45, 2.75) is 19.8 Å². The molecule has 2 aromatic heterocycles. The normalized spacial score (nSPS) is 15.8. The lowest BCUT2D eigenvalue weighted by molar-refractivity contribution is -0.114. The Kier molecular flexibility index (Phi) is 6.36. The number of benzene rings is 2. The molecule has 0 aliphatic carbocycles. The van der Waals surface area contributed by atoms with E-state index < -0.39 is 38.7 Å². The molecule has 0 fully saturated rings. The molecular weight excluding hydrogens is 526 g/mol. The van der Waals surface area contributed by atoms with E-state index in [1.807, 2.05) is 6.07 Å². The lowest BCUT2D eigenvalue weighted by Gasteiger charge is -2.16. The van der Waals surface area contributed by atoms with Gasteiger partial charge >= 0.3 is 0 Å². The molecule has 204 valence electrons. The van der Waals surface area contributed by atoms with E-state index in [2.05, 4.69) is 15.3 Å². The fourth-order valence-electron chi connectivity index (χ4n) is 3.63. The molecular formula is C31H30ClN5O3. The van der Waals surface area contributed by atoms with Crippen molar-refractivity contribution in [3.8, 4) is 17.6 Å². The predicted molar refractivity (Wildman–Crippen MR) is 157 cm³/mol. The van der Waals surface area contributed by atoms with Crippen LogP contribution in [0.1, 0.15) is 36.0 Å². The highest BCUT2D eigenvalue weighted by Crippen LogP contribution is 2.36. The van der Waals surface area contributed by atoms with E-state index in [1.54, 1.807) is 12.1 Å². The van der Waals surface area contributed by atoms with Crippen LogP contribution in [0.15, 0.2) is 73.1 Å². The molecule has 0 bridgehead atoms. The van der Waals surface area contributed by atoms with Crippen LogP contribution in [0.3, 0.4) is 0 Å². The lowest BCUT2D eigenvalue weighted by atomic mass is 10.0. The zero-order valence-corrected chi connectivity index (χ0v) is 22.3. The second-order valence-electron chi connectivity index (χ2n) is 8.53. The fraction of sp³-hybridized carbons (Fsp3) is 0.226. The number of pyridine rings is 2. The molecule has 0 unspecified atom stereocenters. The Morgan fingerprint density at radius 2 is 2.08 bits per heavy atom. The first kappa shape index (κ1) is 18.8. The Hall–Kier alpha value is -4.45. The van der Waals surface area contributed by atoms with Crippen LogP contribution in [-0.4, -0.2) is 47.8 Å². The van der Waals surface area contributed by atoms with E-state index in [9.17, 15) is 10.1 Å². The summed E-state index contributed by atoms with van der Waals surface area (Å²) < 4.78 is 82.2. The number of hydrogen-bond donors (Lipinski definition) is 1. The molecule has 2 heterocycles. The summed E-state index contributed by atoms with van der Waals surface area (Å²) >= 11 is 6.46. The molecule has 4 rings (SSSR count). The van der Waals surface area contributed by atoms with Crippen LogP contribution in [0.25, 0.3) is 10.9 Å². The monoisotopic (exact) mass is 564 g/mol. The summed E-state index contributed by atoms with van der Waals surface area (Å²) in [6.07, 6.45) is 4.30. The summed E-state index contributed by atoms with van der Waals surface area (Å²) in [6, 6.07) is 13.8. The highest BCUT2D eigenvalue weighted by Gasteiger charge is 2.16. The van der Waals surface area contributed by atoms with Crippen LogP contribution < -0.4 is 14.8 Å². The minimum Gasteiger partial charge on any atom is -0.494 e. The van der Waals surface area contributed by atoms with Gasteiger partial charge in [-0.05, 0) is 63.4 Å². The second kappa shape index (κ2) is 13.6. The van der Waals surface area contributed by atoms with Gasteiger partial charge in [-0.3, -0.25) is 14.8 Å². The number of ether oxygens (including phenoxy) is 2. The number of rotatable bonds is 12. The smallest absolute Gasteiger partial charge is 0.159 e. The van der Waals surface area contributed by atoms with E-state index >= 15 is 0 Å². The number of nitrogens with one attached hydrogen (secondary N) is 1. The summed E-state index contributed by atoms with van der Waals surface area (Å²) in [7, 11) is 2.98. The molecule has 0 saturated carbocycles. The number of anilines is 2. The quantitative estimate of drug-likeness (QED) is 0.206. The summed E-state index contributed by atoms with van der Waals surface area (Å²) in [5.41, 5.74) is 0.858. The number of carbonyl (C=O) groups excluding carboxylic acids is 1. The Bertz CT molecular complexity index is 1930. The van der Waals surface area contributed by atoms with Gasteiger partial charge in [0.15, 0.2) is 5.78 Å². The van der Waals surface area contributed by atoms with Crippen LogP contribution in [-0.2, 0) is 17.8 Å². The lowest BCUT2D eigenvalue weighted by Crippen LogP contribution is -2.11. The largest absolute Gasteiger partial charge is 0.494 e. The van der Waals surface area contributed by atoms with Crippen LogP contribution in [0.5, 0.6) is 11.5 Å². The van der Waals surface area contributed by atoms with Crippen molar-refractivity contribution < 1.29 is 26.6 Å². The molecule has 9 heteroatoms. The van der Waals surface area contributed by atoms with Crippen LogP contribution >= 0.6 is 11.6 Å². The van der Waals surface area contributed by atoms with Crippen LogP contribution in [0.2, 0.25) is 5.02 Å². The van der Waals surface area contributed by atoms with Gasteiger partial charge in [0.05, 0.1) is 39.5 Å². The summed E-state index contributed by atoms with van der Waals surface area (Å²) in [5.74, 6) is -0.877. The first-order valence-corrected chi connectivity index (χ1v) is 12.2. The summed E-state index contributed by atoms with van der Waals surface area (Å²) in [5, 5.41) is 13.3. The Morgan fingerprint density at radius 1 is 1.20 bits per heavy atom. The van der Waals surface area contributed by atoms with Crippen molar-refractivity contribution in [3.63, 3.8) is 0 Å². The highest BCUT2D eigenvalue weighted by atomic mass is 35.5. The standard InChI is InChI=1S/C31H30ClN5O3/c1-4-39-30-17-28-26(15-21(30)14-25(38)9-7-13-37(2)3)31(22(18-33)19-35-28)36-23-10-11-29(27(32)16-23)40-20-24-8-5-6-12-34-24/h5-12,15-17,19H,4,13-14,20H2,1-3H3,(H,35,36)/b9-7+/i1D3,4D2,13D2,20D2. The average molecular weight is 565 g/mol. The van der Waals surface area contributed by atoms with Crippen molar-refractivity contribution in [1.82, 2.24) is 14.9 Å². The van der Waals surface area contributed by atoms with Crippen LogP contribution in [0, 0.1) is 11.3 Å². The van der Waals surface area contributed by atoms with Crippen molar-refractivity contribution in [1.29, 1.82) is 5.26 Å². The van der Waals surface area contributed by atoms with Gasteiger partial charge in [0, 0.05) is 54.9 Å². The van der Waals surface area contributed by atoms with Crippen molar-refractivity contribution in [2.75, 3.05) is 32.5 Å². The molecule has 40 heavy (non-hydrogen) atoms. The van der Waals surface area contributed by atoms with Gasteiger partial charge in [-0.2, -0.15) is 5.26 Å². The minimum atomic E-state index is -3.19. The molecule has 0 radical (unpaired) electrons. The number of hydrogen-bond acceptors (Lipinski definition) is 8. The zero-order valence-electron chi connectivity index (χ0n) is 30.5. The maximum Gasteiger partial charge on any atom is 0.159 e. The zero-order chi connectivity index (χ0) is 36.4. The van der Waals surface area contributed by atoms with E-state index in [4.69, 9.17) is 33.4 Å². The van der Waals surface area contributed by atoms with Crippen molar-refractivity contribution >= 4 is 39.7 Å². The van der Waals surface area contributed by atoms with Gasteiger partial charge in [-0.25, -0.2) is 0 Å². The molecule has 0 spiro atoms. The van der Waals surface area contributed by atoms with Gasteiger partial charge in [-0.15, -0.1) is 0 Å². The summed E-state index contributed by atoms with van der Waals surface area (Å²) in [4.78, 5) is 22.5. The third kappa shape index (κ3) is 7.35. The number of likely N-dealkylation sites (N-methyl/N-ethyl adjacent to an activating group) is 1. The number of aromatic nitrogens is 2. The third-order valence-electron chi connectivity index (χ3n) is 5.43.